The number of aliphatic carboxylic acids is 1. The summed E-state index contributed by atoms with van der Waals surface area (Å²) in [5, 5.41) is 15.3. The third-order valence-electron chi connectivity index (χ3n) is 8.07. The van der Waals surface area contributed by atoms with Crippen LogP contribution in [0.3, 0.4) is 0 Å². The first-order valence-electron chi connectivity index (χ1n) is 16.3. The van der Waals surface area contributed by atoms with Crippen LogP contribution in [0.4, 0.5) is 0 Å². The van der Waals surface area contributed by atoms with Gasteiger partial charge in [-0.3, -0.25) is 19.7 Å². The molecule has 250 valence electrons. The molecule has 0 aliphatic heterocycles. The van der Waals surface area contributed by atoms with Crippen LogP contribution in [0, 0.1) is 0 Å². The molecule has 0 heterocycles. The summed E-state index contributed by atoms with van der Waals surface area (Å²) in [6, 6.07) is 41.9. The Balaban J connectivity index is 1.35. The van der Waals surface area contributed by atoms with Crippen molar-refractivity contribution in [1.29, 1.82) is 0 Å². The number of hydrogen-bond donors (Lipinski definition) is 3. The van der Waals surface area contributed by atoms with Gasteiger partial charge in [0.1, 0.15) is 31.0 Å². The molecular formula is C41H40N2O6. The van der Waals surface area contributed by atoms with Crippen LogP contribution < -0.4 is 15.4 Å². The van der Waals surface area contributed by atoms with Crippen molar-refractivity contribution in [2.24, 2.45) is 0 Å². The van der Waals surface area contributed by atoms with Crippen LogP contribution in [-0.4, -0.2) is 54.3 Å². The summed E-state index contributed by atoms with van der Waals surface area (Å²) in [5.41, 5.74) is 5.90. The van der Waals surface area contributed by atoms with Gasteiger partial charge in [-0.15, -0.1) is 0 Å². The topological polar surface area (TPSA) is 114 Å². The van der Waals surface area contributed by atoms with E-state index in [2.05, 4.69) is 10.6 Å². The summed E-state index contributed by atoms with van der Waals surface area (Å²) in [4.78, 5) is 38.8. The van der Waals surface area contributed by atoms with Crippen molar-refractivity contribution in [3.05, 3.63) is 151 Å². The van der Waals surface area contributed by atoms with Crippen LogP contribution >= 0.6 is 0 Å². The molecule has 0 saturated carbocycles. The minimum Gasteiger partial charge on any atom is -0.490 e. The maximum Gasteiger partial charge on any atom is 0.325 e. The Morgan fingerprint density at radius 1 is 0.592 bits per heavy atom. The lowest BCUT2D eigenvalue weighted by molar-refractivity contribution is -0.147. The summed E-state index contributed by atoms with van der Waals surface area (Å²) in [6.07, 6.45) is 0.444. The standard InChI is InChI=1S/C41H40N2O6/c1-29(40(45)46)42-39(44)37(27-30-17-21-34(22-18-30)32-11-5-2-6-12-32)43-38(41(47)49-26-25-48-36-15-9-4-10-16-36)28-31-19-23-35(24-20-31)33-13-7-3-8-14-33/h2-24,29,37-38,43H,25-28H2,1H3,(H,42,44)(H,45,46)/t29-,37-,38?/m0/s1. The minimum absolute atomic E-state index is 0.00666. The van der Waals surface area contributed by atoms with Crippen LogP contribution in [0.5, 0.6) is 5.75 Å². The van der Waals surface area contributed by atoms with Crippen LogP contribution in [0.25, 0.3) is 22.3 Å². The predicted octanol–water partition coefficient (Wildman–Crippen LogP) is 6.34. The summed E-state index contributed by atoms with van der Waals surface area (Å²) >= 11 is 0. The number of amides is 1. The van der Waals surface area contributed by atoms with Gasteiger partial charge in [-0.05, 0) is 65.3 Å². The van der Waals surface area contributed by atoms with Crippen molar-refractivity contribution in [2.75, 3.05) is 13.2 Å². The zero-order valence-electron chi connectivity index (χ0n) is 27.3. The van der Waals surface area contributed by atoms with Crippen molar-refractivity contribution in [3.63, 3.8) is 0 Å². The van der Waals surface area contributed by atoms with Crippen molar-refractivity contribution in [1.82, 2.24) is 10.6 Å². The molecule has 0 bridgehead atoms. The second-order valence-electron chi connectivity index (χ2n) is 11.7. The highest BCUT2D eigenvalue weighted by Gasteiger charge is 2.30. The fourth-order valence-corrected chi connectivity index (χ4v) is 5.37. The number of para-hydroxylation sites is 1. The van der Waals surface area contributed by atoms with E-state index in [-0.39, 0.29) is 26.1 Å². The number of rotatable bonds is 16. The Morgan fingerprint density at radius 3 is 1.53 bits per heavy atom. The van der Waals surface area contributed by atoms with Gasteiger partial charge in [0, 0.05) is 0 Å². The van der Waals surface area contributed by atoms with Gasteiger partial charge in [-0.25, -0.2) is 0 Å². The molecule has 1 unspecified atom stereocenters. The summed E-state index contributed by atoms with van der Waals surface area (Å²) < 4.78 is 11.4. The van der Waals surface area contributed by atoms with Crippen molar-refractivity contribution < 1.29 is 29.0 Å². The summed E-state index contributed by atoms with van der Waals surface area (Å²) in [5.74, 6) is -1.58. The van der Waals surface area contributed by atoms with Crippen LogP contribution in [0.2, 0.25) is 0 Å². The third kappa shape index (κ3) is 10.4. The molecule has 8 nitrogen and oxygen atoms in total. The molecule has 0 saturated heterocycles. The summed E-state index contributed by atoms with van der Waals surface area (Å²) in [7, 11) is 0. The van der Waals surface area contributed by atoms with E-state index in [9.17, 15) is 19.5 Å². The Kier molecular flexibility index (Phi) is 12.3. The molecular weight excluding hydrogens is 616 g/mol. The number of carbonyl (C=O) groups is 3. The number of benzene rings is 5. The van der Waals surface area contributed by atoms with Crippen LogP contribution in [-0.2, 0) is 32.0 Å². The smallest absolute Gasteiger partial charge is 0.325 e. The van der Waals surface area contributed by atoms with Crippen molar-refractivity contribution >= 4 is 17.8 Å². The second kappa shape index (κ2) is 17.4. The van der Waals surface area contributed by atoms with Crippen molar-refractivity contribution in [2.45, 2.75) is 37.9 Å². The molecule has 0 fully saturated rings. The zero-order valence-corrected chi connectivity index (χ0v) is 27.3. The van der Waals surface area contributed by atoms with Gasteiger partial charge in [-0.1, -0.05) is 127 Å². The zero-order chi connectivity index (χ0) is 34.4. The van der Waals surface area contributed by atoms with E-state index in [1.54, 1.807) is 0 Å². The third-order valence-corrected chi connectivity index (χ3v) is 8.07. The summed E-state index contributed by atoms with van der Waals surface area (Å²) in [6.45, 7) is 1.56. The van der Waals surface area contributed by atoms with E-state index in [0.717, 1.165) is 33.4 Å². The lowest BCUT2D eigenvalue weighted by Gasteiger charge is -2.25. The average Bonchev–Trinajstić information content (AvgIpc) is 3.14. The maximum absolute atomic E-state index is 13.6. The Labute approximate surface area is 286 Å². The molecule has 5 aromatic rings. The lowest BCUT2D eigenvalue weighted by atomic mass is 9.98. The molecule has 0 radical (unpaired) electrons. The predicted molar refractivity (Wildman–Crippen MR) is 190 cm³/mol. The van der Waals surface area contributed by atoms with Crippen LogP contribution in [0.15, 0.2) is 140 Å². The number of nitrogens with one attached hydrogen (secondary N) is 2. The molecule has 5 rings (SSSR count). The first kappa shape index (κ1) is 34.6. The van der Waals surface area contributed by atoms with Gasteiger partial charge in [0.05, 0.1) is 6.04 Å². The van der Waals surface area contributed by atoms with E-state index >= 15 is 0 Å². The molecule has 8 heteroatoms. The van der Waals surface area contributed by atoms with Gasteiger partial charge in [0.15, 0.2) is 0 Å². The Bertz CT molecular complexity index is 1780. The average molecular weight is 657 g/mol. The molecule has 5 aromatic carbocycles. The number of carboxylic acids is 1. The molecule has 3 N–H and O–H groups in total. The highest BCUT2D eigenvalue weighted by atomic mass is 16.6. The van der Waals surface area contributed by atoms with Gasteiger partial charge >= 0.3 is 11.9 Å². The molecule has 0 aliphatic rings. The highest BCUT2D eigenvalue weighted by Crippen LogP contribution is 2.22. The van der Waals surface area contributed by atoms with Crippen molar-refractivity contribution in [3.8, 4) is 28.0 Å². The number of ether oxygens (including phenoxy) is 2. The normalized spacial score (nSPS) is 12.7. The van der Waals surface area contributed by atoms with Gasteiger partial charge < -0.3 is 19.9 Å². The highest BCUT2D eigenvalue weighted by molar-refractivity contribution is 5.88. The second-order valence-corrected chi connectivity index (χ2v) is 11.7. The molecule has 49 heavy (non-hydrogen) atoms. The van der Waals surface area contributed by atoms with E-state index in [1.165, 1.54) is 6.92 Å². The first-order chi connectivity index (χ1) is 23.9. The quantitative estimate of drug-likeness (QED) is 0.0839. The Morgan fingerprint density at radius 2 is 1.04 bits per heavy atom. The lowest BCUT2D eigenvalue weighted by Crippen LogP contribution is -2.55. The molecule has 0 spiro atoms. The van der Waals surface area contributed by atoms with E-state index < -0.39 is 36.0 Å². The van der Waals surface area contributed by atoms with E-state index in [1.807, 2.05) is 140 Å². The van der Waals surface area contributed by atoms with Gasteiger partial charge in [-0.2, -0.15) is 0 Å². The fraction of sp³-hybridized carbons (Fsp3) is 0.195. The van der Waals surface area contributed by atoms with Gasteiger partial charge in [0.25, 0.3) is 0 Å². The van der Waals surface area contributed by atoms with E-state index in [4.69, 9.17) is 9.47 Å². The largest absolute Gasteiger partial charge is 0.490 e. The van der Waals surface area contributed by atoms with Gasteiger partial charge in [0.2, 0.25) is 5.91 Å². The fourth-order valence-electron chi connectivity index (χ4n) is 5.37. The SMILES string of the molecule is C[C@H](NC(=O)[C@H](Cc1ccc(-c2ccccc2)cc1)NC(Cc1ccc(-c2ccccc2)cc1)C(=O)OCCOc1ccccc1)C(=O)O. The Hall–Kier alpha value is -5.73. The maximum atomic E-state index is 13.6. The molecule has 0 aliphatic carbocycles. The van der Waals surface area contributed by atoms with E-state index in [0.29, 0.717) is 5.75 Å². The molecule has 3 atom stereocenters. The number of carbonyl (C=O) groups excluding carboxylic acids is 2. The number of esters is 1. The molecule has 0 aromatic heterocycles. The number of carboxylic acid groups (broad SMARTS) is 1. The minimum atomic E-state index is -1.16. The number of hydrogen-bond acceptors (Lipinski definition) is 6. The van der Waals surface area contributed by atoms with Crippen LogP contribution in [0.1, 0.15) is 18.1 Å². The first-order valence-corrected chi connectivity index (χ1v) is 16.3. The monoisotopic (exact) mass is 656 g/mol. The molecule has 1 amide bonds.